The average Bonchev–Trinajstić information content (AvgIpc) is 2.33. The Morgan fingerprint density at radius 1 is 1.28 bits per heavy atom. The van der Waals surface area contributed by atoms with Crippen LogP contribution < -0.4 is 10.5 Å². The maximum absolute atomic E-state index is 13.5. The SMILES string of the molecule is Nc1cccc(Br)c1OCc1cc(Cl)ccc1F. The van der Waals surface area contributed by atoms with Crippen LogP contribution >= 0.6 is 27.5 Å². The van der Waals surface area contributed by atoms with Gasteiger partial charge in [-0.15, -0.1) is 0 Å². The second-order valence-corrected chi connectivity index (χ2v) is 4.97. The predicted octanol–water partition coefficient (Wildman–Crippen LogP) is 4.40. The molecule has 0 saturated carbocycles. The smallest absolute Gasteiger partial charge is 0.156 e. The molecule has 0 aliphatic carbocycles. The summed E-state index contributed by atoms with van der Waals surface area (Å²) < 4.78 is 19.7. The Morgan fingerprint density at radius 2 is 2.06 bits per heavy atom. The predicted molar refractivity (Wildman–Crippen MR) is 74.3 cm³/mol. The van der Waals surface area contributed by atoms with Gasteiger partial charge in [0.25, 0.3) is 0 Å². The van der Waals surface area contributed by atoms with Crippen LogP contribution in [0.3, 0.4) is 0 Å². The zero-order valence-corrected chi connectivity index (χ0v) is 11.6. The number of rotatable bonds is 3. The van der Waals surface area contributed by atoms with E-state index < -0.39 is 0 Å². The normalized spacial score (nSPS) is 10.4. The molecule has 0 aromatic heterocycles. The summed E-state index contributed by atoms with van der Waals surface area (Å²) >= 11 is 9.13. The molecule has 0 amide bonds. The Morgan fingerprint density at radius 3 is 2.78 bits per heavy atom. The zero-order chi connectivity index (χ0) is 13.1. The molecule has 2 N–H and O–H groups in total. The van der Waals surface area contributed by atoms with E-state index in [2.05, 4.69) is 15.9 Å². The van der Waals surface area contributed by atoms with Crippen LogP contribution in [0.4, 0.5) is 10.1 Å². The maximum atomic E-state index is 13.5. The highest BCUT2D eigenvalue weighted by Crippen LogP contribution is 2.31. The summed E-state index contributed by atoms with van der Waals surface area (Å²) in [4.78, 5) is 0. The molecule has 0 radical (unpaired) electrons. The highest BCUT2D eigenvalue weighted by molar-refractivity contribution is 9.10. The van der Waals surface area contributed by atoms with Crippen LogP contribution in [0, 0.1) is 5.82 Å². The largest absolute Gasteiger partial charge is 0.485 e. The van der Waals surface area contributed by atoms with Crippen LogP contribution in [0.15, 0.2) is 40.9 Å². The molecule has 0 unspecified atom stereocenters. The van der Waals surface area contributed by atoms with Gasteiger partial charge in [0.15, 0.2) is 5.75 Å². The highest BCUT2D eigenvalue weighted by Gasteiger charge is 2.08. The molecule has 0 aliphatic rings. The monoisotopic (exact) mass is 329 g/mol. The Bertz CT molecular complexity index is 557. The zero-order valence-electron chi connectivity index (χ0n) is 9.29. The minimum absolute atomic E-state index is 0.0687. The maximum Gasteiger partial charge on any atom is 0.156 e. The van der Waals surface area contributed by atoms with Crippen molar-refractivity contribution in [3.05, 3.63) is 57.3 Å². The number of ether oxygens (including phenoxy) is 1. The number of nitrogens with two attached hydrogens (primary N) is 1. The van der Waals surface area contributed by atoms with Crippen LogP contribution in [0.2, 0.25) is 5.02 Å². The molecule has 2 nitrogen and oxygen atoms in total. The van der Waals surface area contributed by atoms with Crippen molar-refractivity contribution in [2.45, 2.75) is 6.61 Å². The van der Waals surface area contributed by atoms with E-state index in [1.54, 1.807) is 18.2 Å². The van der Waals surface area contributed by atoms with E-state index in [1.165, 1.54) is 18.2 Å². The topological polar surface area (TPSA) is 35.2 Å². The van der Waals surface area contributed by atoms with E-state index in [9.17, 15) is 4.39 Å². The molecule has 0 spiro atoms. The van der Waals surface area contributed by atoms with E-state index in [0.29, 0.717) is 22.0 Å². The number of hydrogen-bond donors (Lipinski definition) is 1. The van der Waals surface area contributed by atoms with Gasteiger partial charge in [0.1, 0.15) is 12.4 Å². The van der Waals surface area contributed by atoms with Crippen molar-refractivity contribution >= 4 is 33.2 Å². The van der Waals surface area contributed by atoms with Crippen molar-refractivity contribution in [2.75, 3.05) is 5.73 Å². The quantitative estimate of drug-likeness (QED) is 0.846. The van der Waals surface area contributed by atoms with E-state index in [1.807, 2.05) is 0 Å². The minimum atomic E-state index is -0.356. The van der Waals surface area contributed by atoms with Crippen LogP contribution in [0.5, 0.6) is 5.75 Å². The molecule has 0 saturated heterocycles. The summed E-state index contributed by atoms with van der Waals surface area (Å²) in [7, 11) is 0. The number of hydrogen-bond acceptors (Lipinski definition) is 2. The fourth-order valence-corrected chi connectivity index (χ4v) is 2.17. The van der Waals surface area contributed by atoms with Gasteiger partial charge < -0.3 is 10.5 Å². The van der Waals surface area contributed by atoms with Crippen LogP contribution in [0.25, 0.3) is 0 Å². The fourth-order valence-electron chi connectivity index (χ4n) is 1.48. The Balaban J connectivity index is 2.19. The molecule has 2 rings (SSSR count). The Hall–Kier alpha value is -1.26. The standard InChI is InChI=1S/C13H10BrClFNO/c14-10-2-1-3-12(17)13(10)18-7-8-6-9(15)4-5-11(8)16/h1-6H,7,17H2. The van der Waals surface area contributed by atoms with Crippen molar-refractivity contribution in [2.24, 2.45) is 0 Å². The van der Waals surface area contributed by atoms with Gasteiger partial charge >= 0.3 is 0 Å². The molecule has 94 valence electrons. The van der Waals surface area contributed by atoms with Gasteiger partial charge in [-0.05, 0) is 46.3 Å². The van der Waals surface area contributed by atoms with Crippen molar-refractivity contribution in [3.8, 4) is 5.75 Å². The first-order valence-electron chi connectivity index (χ1n) is 5.18. The molecule has 0 atom stereocenters. The molecule has 0 aliphatic heterocycles. The molecule has 18 heavy (non-hydrogen) atoms. The number of para-hydroxylation sites is 1. The first-order valence-corrected chi connectivity index (χ1v) is 6.35. The molecular formula is C13H10BrClFNO. The lowest BCUT2D eigenvalue weighted by molar-refractivity contribution is 0.299. The van der Waals surface area contributed by atoms with Crippen molar-refractivity contribution in [1.29, 1.82) is 0 Å². The third kappa shape index (κ3) is 2.94. The minimum Gasteiger partial charge on any atom is -0.485 e. The van der Waals surface area contributed by atoms with E-state index in [0.717, 1.165) is 4.47 Å². The summed E-state index contributed by atoms with van der Waals surface area (Å²) in [5.41, 5.74) is 6.66. The van der Waals surface area contributed by atoms with Gasteiger partial charge in [0.2, 0.25) is 0 Å². The molecule has 2 aromatic carbocycles. The van der Waals surface area contributed by atoms with E-state index in [-0.39, 0.29) is 12.4 Å². The van der Waals surface area contributed by atoms with Gasteiger partial charge in [-0.3, -0.25) is 0 Å². The van der Waals surface area contributed by atoms with Gasteiger partial charge in [0, 0.05) is 10.6 Å². The molecular weight excluding hydrogens is 321 g/mol. The lowest BCUT2D eigenvalue weighted by Gasteiger charge is -2.11. The lowest BCUT2D eigenvalue weighted by atomic mass is 10.2. The lowest BCUT2D eigenvalue weighted by Crippen LogP contribution is -2.01. The summed E-state index contributed by atoms with van der Waals surface area (Å²) in [6.45, 7) is 0.0687. The number of anilines is 1. The van der Waals surface area contributed by atoms with Crippen molar-refractivity contribution < 1.29 is 9.13 Å². The summed E-state index contributed by atoms with van der Waals surface area (Å²) in [5.74, 6) is 0.141. The first-order chi connectivity index (χ1) is 8.58. The molecule has 5 heteroatoms. The molecule has 0 bridgehead atoms. The van der Waals surface area contributed by atoms with E-state index in [4.69, 9.17) is 22.1 Å². The second kappa shape index (κ2) is 5.59. The van der Waals surface area contributed by atoms with Crippen molar-refractivity contribution in [3.63, 3.8) is 0 Å². The summed E-state index contributed by atoms with van der Waals surface area (Å²) in [6.07, 6.45) is 0. The first kappa shape index (κ1) is 13.2. The average molecular weight is 331 g/mol. The fraction of sp³-hybridized carbons (Fsp3) is 0.0769. The Kier molecular flexibility index (Phi) is 4.09. The van der Waals surface area contributed by atoms with Crippen LogP contribution in [0.1, 0.15) is 5.56 Å². The third-order valence-electron chi connectivity index (χ3n) is 2.38. The van der Waals surface area contributed by atoms with Gasteiger partial charge in [-0.25, -0.2) is 4.39 Å². The highest BCUT2D eigenvalue weighted by atomic mass is 79.9. The van der Waals surface area contributed by atoms with Gasteiger partial charge in [-0.2, -0.15) is 0 Å². The summed E-state index contributed by atoms with van der Waals surface area (Å²) in [5, 5.41) is 0.468. The number of benzene rings is 2. The number of halogens is 3. The second-order valence-electron chi connectivity index (χ2n) is 3.68. The van der Waals surface area contributed by atoms with E-state index >= 15 is 0 Å². The van der Waals surface area contributed by atoms with Crippen molar-refractivity contribution in [1.82, 2.24) is 0 Å². The van der Waals surface area contributed by atoms with Gasteiger partial charge in [-0.1, -0.05) is 17.7 Å². The molecule has 0 heterocycles. The molecule has 0 fully saturated rings. The van der Waals surface area contributed by atoms with Crippen LogP contribution in [-0.2, 0) is 6.61 Å². The third-order valence-corrected chi connectivity index (χ3v) is 3.24. The summed E-state index contributed by atoms with van der Waals surface area (Å²) in [6, 6.07) is 9.65. The number of nitrogen functional groups attached to an aromatic ring is 1. The van der Waals surface area contributed by atoms with Gasteiger partial charge in [0.05, 0.1) is 10.2 Å². The molecule has 2 aromatic rings. The Labute approximate surface area is 118 Å². The van der Waals surface area contributed by atoms with Crippen LogP contribution in [-0.4, -0.2) is 0 Å².